The Morgan fingerprint density at radius 3 is 2.85 bits per heavy atom. The Balaban J connectivity index is 2.91. The molecule has 0 radical (unpaired) electrons. The van der Waals surface area contributed by atoms with E-state index in [2.05, 4.69) is 16.5 Å². The number of nitrogens with zero attached hydrogens (tertiary/aromatic N) is 1. The molecule has 2 heteroatoms. The van der Waals surface area contributed by atoms with Crippen molar-refractivity contribution in [2.45, 2.75) is 13.8 Å². The van der Waals surface area contributed by atoms with Crippen molar-refractivity contribution in [1.82, 2.24) is 9.97 Å². The summed E-state index contributed by atoms with van der Waals surface area (Å²) in [5.74, 6) is 0.932. The number of aryl methyl sites for hydroxylation is 1. The Morgan fingerprint density at radius 1 is 1.62 bits per heavy atom. The van der Waals surface area contributed by atoms with Crippen molar-refractivity contribution in [3.05, 3.63) is 48.6 Å². The maximum absolute atomic E-state index is 4.14. The average molecular weight is 174 g/mol. The van der Waals surface area contributed by atoms with Gasteiger partial charge in [0.2, 0.25) is 0 Å². The van der Waals surface area contributed by atoms with E-state index in [0.717, 1.165) is 17.1 Å². The van der Waals surface area contributed by atoms with Crippen molar-refractivity contribution in [3.63, 3.8) is 0 Å². The summed E-state index contributed by atoms with van der Waals surface area (Å²) in [5.41, 5.74) is 2.17. The highest BCUT2D eigenvalue weighted by atomic mass is 14.9. The van der Waals surface area contributed by atoms with Crippen molar-refractivity contribution < 1.29 is 0 Å². The lowest BCUT2D eigenvalue weighted by atomic mass is 10.2. The summed E-state index contributed by atoms with van der Waals surface area (Å²) in [7, 11) is 0. The van der Waals surface area contributed by atoms with E-state index in [0.29, 0.717) is 0 Å². The fraction of sp³-hybridized carbons (Fsp3) is 0.182. The molecule has 0 atom stereocenters. The van der Waals surface area contributed by atoms with Gasteiger partial charge < -0.3 is 4.98 Å². The summed E-state index contributed by atoms with van der Waals surface area (Å²) in [6.07, 6.45) is 9.53. The lowest BCUT2D eigenvalue weighted by Gasteiger charge is -1.95. The minimum atomic E-state index is 0.932. The molecule has 0 aliphatic rings. The maximum Gasteiger partial charge on any atom is 0.103 e. The molecule has 1 N–H and O–H groups in total. The highest BCUT2D eigenvalue weighted by Crippen LogP contribution is 2.12. The first-order valence-corrected chi connectivity index (χ1v) is 4.25. The summed E-state index contributed by atoms with van der Waals surface area (Å²) in [6.45, 7) is 7.56. The monoisotopic (exact) mass is 174 g/mol. The fourth-order valence-corrected chi connectivity index (χ4v) is 1.08. The summed E-state index contributed by atoms with van der Waals surface area (Å²) in [6, 6.07) is 0. The number of hydrogen-bond acceptors (Lipinski definition) is 1. The molecule has 0 aliphatic heterocycles. The van der Waals surface area contributed by atoms with Gasteiger partial charge in [0, 0.05) is 0 Å². The fourth-order valence-electron chi connectivity index (χ4n) is 1.08. The van der Waals surface area contributed by atoms with Gasteiger partial charge >= 0.3 is 0 Å². The van der Waals surface area contributed by atoms with Crippen LogP contribution in [0.5, 0.6) is 0 Å². The van der Waals surface area contributed by atoms with Gasteiger partial charge in [-0.05, 0) is 19.4 Å². The topological polar surface area (TPSA) is 28.7 Å². The first-order valence-electron chi connectivity index (χ1n) is 4.25. The second kappa shape index (κ2) is 4.45. The third-order valence-electron chi connectivity index (χ3n) is 1.74. The van der Waals surface area contributed by atoms with Gasteiger partial charge in [0.1, 0.15) is 5.82 Å². The highest BCUT2D eigenvalue weighted by molar-refractivity contribution is 5.71. The SMILES string of the molecule is C=C/C=C\C(=C/C)c1cnc(C)[nH]1. The molecule has 0 aliphatic carbocycles. The van der Waals surface area contributed by atoms with Crippen LogP contribution in [-0.4, -0.2) is 9.97 Å². The number of allylic oxidation sites excluding steroid dienone is 5. The summed E-state index contributed by atoms with van der Waals surface area (Å²) in [5, 5.41) is 0. The van der Waals surface area contributed by atoms with Crippen LogP contribution in [-0.2, 0) is 0 Å². The van der Waals surface area contributed by atoms with Crippen LogP contribution in [0.25, 0.3) is 5.57 Å². The molecule has 1 aromatic rings. The zero-order chi connectivity index (χ0) is 9.68. The Hall–Kier alpha value is -1.57. The normalized spacial score (nSPS) is 12.3. The molecule has 2 nitrogen and oxygen atoms in total. The molecular weight excluding hydrogens is 160 g/mol. The summed E-state index contributed by atoms with van der Waals surface area (Å²) in [4.78, 5) is 7.31. The molecule has 0 fully saturated rings. The van der Waals surface area contributed by atoms with Crippen molar-refractivity contribution >= 4 is 5.57 Å². The van der Waals surface area contributed by atoms with Crippen molar-refractivity contribution in [2.75, 3.05) is 0 Å². The van der Waals surface area contributed by atoms with Gasteiger partial charge in [0.15, 0.2) is 0 Å². The van der Waals surface area contributed by atoms with Crippen LogP contribution in [0.4, 0.5) is 0 Å². The molecule has 0 bridgehead atoms. The number of imidazole rings is 1. The van der Waals surface area contributed by atoms with E-state index < -0.39 is 0 Å². The molecule has 1 aromatic heterocycles. The number of hydrogen-bond donors (Lipinski definition) is 1. The predicted molar refractivity (Wildman–Crippen MR) is 56.3 cm³/mol. The predicted octanol–water partition coefficient (Wildman–Crippen LogP) is 2.86. The van der Waals surface area contributed by atoms with E-state index in [4.69, 9.17) is 0 Å². The van der Waals surface area contributed by atoms with Gasteiger partial charge in [0.25, 0.3) is 0 Å². The third kappa shape index (κ3) is 2.44. The number of H-pyrrole nitrogens is 1. The van der Waals surface area contributed by atoms with Crippen molar-refractivity contribution in [1.29, 1.82) is 0 Å². The van der Waals surface area contributed by atoms with Gasteiger partial charge in [0.05, 0.1) is 11.9 Å². The lowest BCUT2D eigenvalue weighted by Crippen LogP contribution is -1.80. The Morgan fingerprint density at radius 2 is 2.38 bits per heavy atom. The van der Waals surface area contributed by atoms with Gasteiger partial charge in [-0.15, -0.1) is 0 Å². The Bertz CT molecular complexity index is 343. The summed E-state index contributed by atoms with van der Waals surface area (Å²) < 4.78 is 0. The van der Waals surface area contributed by atoms with Crippen LogP contribution < -0.4 is 0 Å². The van der Waals surface area contributed by atoms with E-state index >= 15 is 0 Å². The Labute approximate surface area is 78.7 Å². The van der Waals surface area contributed by atoms with Gasteiger partial charge in [-0.2, -0.15) is 0 Å². The smallest absolute Gasteiger partial charge is 0.103 e. The van der Waals surface area contributed by atoms with Crippen molar-refractivity contribution in [2.24, 2.45) is 0 Å². The summed E-state index contributed by atoms with van der Waals surface area (Å²) >= 11 is 0. The van der Waals surface area contributed by atoms with E-state index in [-0.39, 0.29) is 0 Å². The van der Waals surface area contributed by atoms with E-state index in [1.54, 1.807) is 6.08 Å². The van der Waals surface area contributed by atoms with Gasteiger partial charge in [-0.3, -0.25) is 0 Å². The van der Waals surface area contributed by atoms with Crippen LogP contribution in [0, 0.1) is 6.92 Å². The van der Waals surface area contributed by atoms with Gasteiger partial charge in [-0.1, -0.05) is 30.9 Å². The molecule has 0 aromatic carbocycles. The van der Waals surface area contributed by atoms with E-state index in [1.807, 2.05) is 38.3 Å². The van der Waals surface area contributed by atoms with E-state index in [9.17, 15) is 0 Å². The number of aromatic nitrogens is 2. The molecule has 0 saturated heterocycles. The van der Waals surface area contributed by atoms with Gasteiger partial charge in [-0.25, -0.2) is 4.98 Å². The molecule has 68 valence electrons. The number of aromatic amines is 1. The quantitative estimate of drug-likeness (QED) is 0.701. The second-order valence-electron chi connectivity index (χ2n) is 2.72. The molecule has 0 unspecified atom stereocenters. The molecule has 0 saturated carbocycles. The van der Waals surface area contributed by atoms with E-state index in [1.165, 1.54) is 0 Å². The standard InChI is InChI=1S/C11H14N2/c1-4-6-7-10(5-2)11-8-12-9(3)13-11/h4-8H,1H2,2-3H3,(H,12,13)/b7-6-,10-5+. The van der Waals surface area contributed by atoms with Crippen LogP contribution in [0.3, 0.4) is 0 Å². The van der Waals surface area contributed by atoms with Crippen LogP contribution in [0.2, 0.25) is 0 Å². The second-order valence-corrected chi connectivity index (χ2v) is 2.72. The largest absolute Gasteiger partial charge is 0.342 e. The highest BCUT2D eigenvalue weighted by Gasteiger charge is 1.98. The molecule has 1 rings (SSSR count). The lowest BCUT2D eigenvalue weighted by molar-refractivity contribution is 1.14. The molecule has 1 heterocycles. The Kier molecular flexibility index (Phi) is 3.26. The molecule has 0 amide bonds. The number of nitrogens with one attached hydrogen (secondary N) is 1. The zero-order valence-electron chi connectivity index (χ0n) is 8.04. The minimum Gasteiger partial charge on any atom is -0.342 e. The molecule has 0 spiro atoms. The first-order chi connectivity index (χ1) is 6.27. The average Bonchev–Trinajstić information content (AvgIpc) is 2.54. The first kappa shape index (κ1) is 9.52. The molecule has 13 heavy (non-hydrogen) atoms. The van der Waals surface area contributed by atoms with Crippen molar-refractivity contribution in [3.8, 4) is 0 Å². The van der Waals surface area contributed by atoms with Crippen LogP contribution in [0.1, 0.15) is 18.4 Å². The zero-order valence-corrected chi connectivity index (χ0v) is 8.04. The maximum atomic E-state index is 4.14. The van der Waals surface area contributed by atoms with Crippen LogP contribution in [0.15, 0.2) is 37.1 Å². The van der Waals surface area contributed by atoms with Crippen LogP contribution >= 0.6 is 0 Å². The molecular formula is C11H14N2. The minimum absolute atomic E-state index is 0.932. The number of rotatable bonds is 3. The third-order valence-corrected chi connectivity index (χ3v) is 1.74.